The highest BCUT2D eigenvalue weighted by Crippen LogP contribution is 2.71. The summed E-state index contributed by atoms with van der Waals surface area (Å²) >= 11 is 0. The fourth-order valence-corrected chi connectivity index (χ4v) is 10.5. The van der Waals surface area contributed by atoms with Crippen molar-refractivity contribution in [2.24, 2.45) is 17.8 Å². The van der Waals surface area contributed by atoms with Gasteiger partial charge in [0.1, 0.15) is 6.04 Å². The Balaban J connectivity index is 0.00000267. The third kappa shape index (κ3) is 3.41. The van der Waals surface area contributed by atoms with Gasteiger partial charge in [-0.25, -0.2) is 0 Å². The van der Waals surface area contributed by atoms with Crippen molar-refractivity contribution in [3.63, 3.8) is 0 Å². The van der Waals surface area contributed by atoms with Gasteiger partial charge in [-0.2, -0.15) is 0 Å². The van der Waals surface area contributed by atoms with Crippen LogP contribution in [0.4, 0.5) is 5.69 Å². The molecule has 1 aromatic carbocycles. The van der Waals surface area contributed by atoms with Crippen LogP contribution in [0.25, 0.3) is 0 Å². The number of unbranched alkanes of at least 4 members (excludes halogenated alkanes) is 8. The minimum Gasteiger partial charge on any atom is -1.00 e. The number of hydrogen-bond acceptors (Lipinski definition) is 3. The molecule has 4 saturated heterocycles. The van der Waals surface area contributed by atoms with Crippen molar-refractivity contribution in [3.05, 3.63) is 29.8 Å². The smallest absolute Gasteiger partial charge is 0.194 e. The SMILES string of the molecule is CCCCCCCCCCC[N+]12C3C[C@H](C4[C@H](O)C5(C[C@@H]41)c1ccccc1N(C)[C@@H]35)[C@H](CC)[C@H]2O.[Br-]. The predicted molar refractivity (Wildman–Crippen MR) is 142 cm³/mol. The van der Waals surface area contributed by atoms with E-state index in [9.17, 15) is 10.2 Å². The zero-order valence-electron chi connectivity index (χ0n) is 22.8. The molecule has 5 heterocycles. The first-order valence-electron chi connectivity index (χ1n) is 15.1. The van der Waals surface area contributed by atoms with Crippen LogP contribution in [0.15, 0.2) is 24.3 Å². The van der Waals surface area contributed by atoms with Gasteiger partial charge in [0.05, 0.1) is 30.1 Å². The topological polar surface area (TPSA) is 43.7 Å². The molecular formula is C31H49BrN2O2. The molecule has 7 rings (SSSR count). The van der Waals surface area contributed by atoms with Gasteiger partial charge in [-0.3, -0.25) is 4.48 Å². The van der Waals surface area contributed by atoms with Gasteiger partial charge in [-0.05, 0) is 36.8 Å². The maximum absolute atomic E-state index is 12.2. The largest absolute Gasteiger partial charge is 1.00 e. The number of hydrogen-bond donors (Lipinski definition) is 2. The number of halogens is 1. The monoisotopic (exact) mass is 560 g/mol. The highest BCUT2D eigenvalue weighted by Gasteiger charge is 2.82. The number of likely N-dealkylation sites (N-methyl/N-ethyl adjacent to an activating group) is 1. The number of benzene rings is 1. The number of fused-ring (bicyclic) bond motifs is 2. The molecule has 4 nitrogen and oxygen atoms in total. The molecule has 10 atom stereocenters. The molecule has 0 amide bonds. The molecule has 1 aromatic rings. The van der Waals surface area contributed by atoms with Crippen LogP contribution in [0.5, 0.6) is 0 Å². The third-order valence-corrected chi connectivity index (χ3v) is 11.8. The first kappa shape index (κ1) is 27.0. The summed E-state index contributed by atoms with van der Waals surface area (Å²) < 4.78 is 0.901. The molecule has 5 heteroatoms. The number of para-hydroxylation sites is 1. The van der Waals surface area contributed by atoms with Crippen LogP contribution in [0, 0.1) is 17.8 Å². The number of quaternary nitrogens is 1. The summed E-state index contributed by atoms with van der Waals surface area (Å²) in [6.45, 7) is 5.66. The minimum absolute atomic E-state index is 0. The highest BCUT2D eigenvalue weighted by atomic mass is 79.9. The normalized spacial score (nSPS) is 43.0. The van der Waals surface area contributed by atoms with Crippen LogP contribution >= 0.6 is 0 Å². The molecule has 5 bridgehead atoms. The maximum atomic E-state index is 12.2. The lowest BCUT2D eigenvalue weighted by atomic mass is 9.60. The number of nitrogens with zero attached hydrogens (tertiary/aromatic N) is 2. The molecule has 0 aromatic heterocycles. The first-order valence-corrected chi connectivity index (χ1v) is 15.1. The van der Waals surface area contributed by atoms with Crippen LogP contribution in [-0.4, -0.2) is 58.7 Å². The molecule has 4 unspecified atom stereocenters. The van der Waals surface area contributed by atoms with E-state index in [1.54, 1.807) is 0 Å². The van der Waals surface area contributed by atoms with E-state index in [1.807, 2.05) is 0 Å². The molecule has 36 heavy (non-hydrogen) atoms. The number of anilines is 1. The Kier molecular flexibility index (Phi) is 7.62. The Morgan fingerprint density at radius 2 is 1.61 bits per heavy atom. The average Bonchev–Trinajstić information content (AvgIpc) is 3.26. The van der Waals surface area contributed by atoms with E-state index in [2.05, 4.69) is 50.1 Å². The molecule has 5 aliphatic heterocycles. The van der Waals surface area contributed by atoms with Crippen molar-refractivity contribution in [2.75, 3.05) is 18.5 Å². The Labute approximate surface area is 229 Å². The second-order valence-corrected chi connectivity index (χ2v) is 12.9. The Bertz CT molecular complexity index is 928. The standard InChI is InChI=1S/C31H49N2O2.BrH/c1-4-6-7-8-9-10-11-12-15-18-33-25-19-22(21(5-2)30(33)35)27-26(33)20-31(29(27)34)23-16-13-14-17-24(23)32(3)28(25)31;/h13-14,16-17,21-22,25-30,34-35H,4-12,15,18-20H2,1-3H3;1H/q+1;/p-1/t21-,22-,25?,26-,27?,28-,29-,30+,31?,33?;/m0./s1. The van der Waals surface area contributed by atoms with Crippen LogP contribution in [0.2, 0.25) is 0 Å². The van der Waals surface area contributed by atoms with Crippen molar-refractivity contribution in [3.8, 4) is 0 Å². The Morgan fingerprint density at radius 1 is 0.944 bits per heavy atom. The van der Waals surface area contributed by atoms with E-state index in [4.69, 9.17) is 0 Å². The van der Waals surface area contributed by atoms with Crippen LogP contribution in [0.1, 0.15) is 96.5 Å². The van der Waals surface area contributed by atoms with E-state index in [1.165, 1.54) is 75.5 Å². The zero-order valence-corrected chi connectivity index (χ0v) is 24.4. The zero-order chi connectivity index (χ0) is 24.4. The molecule has 202 valence electrons. The van der Waals surface area contributed by atoms with Crippen molar-refractivity contribution < 1.29 is 31.7 Å². The number of aliphatic hydroxyl groups is 2. The molecule has 1 spiro atoms. The van der Waals surface area contributed by atoms with Gasteiger partial charge in [0.15, 0.2) is 6.23 Å². The van der Waals surface area contributed by atoms with Crippen LogP contribution in [0.3, 0.4) is 0 Å². The molecule has 1 saturated carbocycles. The van der Waals surface area contributed by atoms with Gasteiger partial charge in [0.25, 0.3) is 0 Å². The van der Waals surface area contributed by atoms with Gasteiger partial charge < -0.3 is 32.1 Å². The summed E-state index contributed by atoms with van der Waals surface area (Å²) in [5, 5.41) is 24.2. The number of aliphatic hydroxyl groups excluding tert-OH is 2. The van der Waals surface area contributed by atoms with Crippen LogP contribution in [-0.2, 0) is 5.41 Å². The second-order valence-electron chi connectivity index (χ2n) is 12.9. The van der Waals surface area contributed by atoms with Gasteiger partial charge in [-0.15, -0.1) is 0 Å². The minimum atomic E-state index is -0.275. The van der Waals surface area contributed by atoms with E-state index in [0.29, 0.717) is 35.9 Å². The second kappa shape index (κ2) is 10.2. The third-order valence-electron chi connectivity index (χ3n) is 11.8. The van der Waals surface area contributed by atoms with E-state index in [-0.39, 0.29) is 34.7 Å². The molecule has 0 radical (unpaired) electrons. The van der Waals surface area contributed by atoms with Gasteiger partial charge in [0, 0.05) is 37.4 Å². The lowest BCUT2D eigenvalue weighted by Gasteiger charge is -2.68. The molecule has 1 aliphatic carbocycles. The van der Waals surface area contributed by atoms with Gasteiger partial charge in [-0.1, -0.05) is 77.0 Å². The molecule has 5 fully saturated rings. The summed E-state index contributed by atoms with van der Waals surface area (Å²) in [4.78, 5) is 2.52. The highest BCUT2D eigenvalue weighted by molar-refractivity contribution is 5.66. The predicted octanol–water partition coefficient (Wildman–Crippen LogP) is 2.60. The Hall–Kier alpha value is -0.620. The fraction of sp³-hybridized carbons (Fsp3) is 0.806. The fourth-order valence-electron chi connectivity index (χ4n) is 10.5. The summed E-state index contributed by atoms with van der Waals surface area (Å²) in [6, 6.07) is 10.1. The van der Waals surface area contributed by atoms with Crippen molar-refractivity contribution in [1.82, 2.24) is 0 Å². The van der Waals surface area contributed by atoms with E-state index >= 15 is 0 Å². The lowest BCUT2D eigenvalue weighted by Crippen LogP contribution is -3.00. The quantitative estimate of drug-likeness (QED) is 0.323. The van der Waals surface area contributed by atoms with Crippen molar-refractivity contribution in [2.45, 2.75) is 127 Å². The summed E-state index contributed by atoms with van der Waals surface area (Å²) in [7, 11) is 2.27. The van der Waals surface area contributed by atoms with Crippen molar-refractivity contribution >= 4 is 5.69 Å². The van der Waals surface area contributed by atoms with Crippen molar-refractivity contribution in [1.29, 1.82) is 0 Å². The average molecular weight is 562 g/mol. The summed E-state index contributed by atoms with van der Waals surface area (Å²) in [6.07, 6.45) is 14.9. The van der Waals surface area contributed by atoms with E-state index in [0.717, 1.165) is 23.9 Å². The summed E-state index contributed by atoms with van der Waals surface area (Å²) in [5.74, 6) is 1.17. The molecule has 2 N–H and O–H groups in total. The first-order chi connectivity index (χ1) is 17.0. The van der Waals surface area contributed by atoms with Crippen LogP contribution < -0.4 is 21.9 Å². The summed E-state index contributed by atoms with van der Waals surface area (Å²) in [5.41, 5.74) is 2.58. The maximum Gasteiger partial charge on any atom is 0.194 e. The lowest BCUT2D eigenvalue weighted by molar-refractivity contribution is -1.04. The van der Waals surface area contributed by atoms with Gasteiger partial charge >= 0.3 is 0 Å². The number of rotatable bonds is 11. The van der Waals surface area contributed by atoms with E-state index < -0.39 is 0 Å². The molecular weight excluding hydrogens is 512 g/mol. The number of piperidine rings is 4. The molecule has 6 aliphatic rings. The Morgan fingerprint density at radius 3 is 2.31 bits per heavy atom. The van der Waals surface area contributed by atoms with Gasteiger partial charge in [0.2, 0.25) is 0 Å².